The number of non-ortho nitro benzene ring substituents is 1. The number of hydrogen-bond donors (Lipinski definition) is 0. The van der Waals surface area contributed by atoms with E-state index in [1.54, 1.807) is 12.2 Å². The zero-order valence-electron chi connectivity index (χ0n) is 17.5. The first-order valence-electron chi connectivity index (χ1n) is 9.49. The van der Waals surface area contributed by atoms with Crippen LogP contribution in [0.1, 0.15) is 27.2 Å². The predicted molar refractivity (Wildman–Crippen MR) is 118 cm³/mol. The van der Waals surface area contributed by atoms with Gasteiger partial charge in [0.1, 0.15) is 10.6 Å². The molecule has 0 amide bonds. The molecule has 2 aliphatic rings. The van der Waals surface area contributed by atoms with E-state index in [0.717, 1.165) is 12.1 Å². The Morgan fingerprint density at radius 3 is 2.33 bits per heavy atom. The lowest BCUT2D eigenvalue weighted by atomic mass is 10.0. The van der Waals surface area contributed by atoms with Gasteiger partial charge < -0.3 is 4.43 Å². The fourth-order valence-corrected chi connectivity index (χ4v) is 7.88. The fourth-order valence-electron chi connectivity index (χ4n) is 3.38. The molecule has 8 nitrogen and oxygen atoms in total. The number of rotatable bonds is 5. The van der Waals surface area contributed by atoms with Gasteiger partial charge in [0, 0.05) is 18.6 Å². The van der Waals surface area contributed by atoms with Gasteiger partial charge in [-0.15, -0.1) is 0 Å². The van der Waals surface area contributed by atoms with Gasteiger partial charge in [-0.3, -0.25) is 14.9 Å². The van der Waals surface area contributed by atoms with Gasteiger partial charge in [-0.1, -0.05) is 48.9 Å². The second-order valence-corrected chi connectivity index (χ2v) is 17.0. The van der Waals surface area contributed by atoms with Crippen LogP contribution in [0.4, 0.5) is 5.69 Å². The Morgan fingerprint density at radius 1 is 1.27 bits per heavy atom. The van der Waals surface area contributed by atoms with Gasteiger partial charge in [-0.2, -0.15) is 4.31 Å². The van der Waals surface area contributed by atoms with Gasteiger partial charge >= 0.3 is 0 Å². The molecule has 2 heterocycles. The highest BCUT2D eigenvalue weighted by Gasteiger charge is 2.61. The molecular weight excluding hydrogens is 492 g/mol. The maximum absolute atomic E-state index is 13.5. The SMILES string of the molecule is CC(C)(C)[Si](C)(C)O[C@@H]1C(=O)C[C@@H]2C=C[C@@]1(Br)N2S(=O)(=O)c1ccc([N+](=O)[O-])cc1. The molecule has 0 unspecified atom stereocenters. The predicted octanol–water partition coefficient (Wildman–Crippen LogP) is 3.98. The number of alkyl halides is 1. The van der Waals surface area contributed by atoms with E-state index in [9.17, 15) is 23.3 Å². The average Bonchev–Trinajstić information content (AvgIpc) is 2.90. The number of sulfonamides is 1. The molecule has 3 rings (SSSR count). The smallest absolute Gasteiger partial charge is 0.269 e. The van der Waals surface area contributed by atoms with Crippen LogP contribution in [-0.2, 0) is 19.2 Å². The van der Waals surface area contributed by atoms with Gasteiger partial charge in [0.2, 0.25) is 10.0 Å². The molecule has 0 aromatic heterocycles. The number of carbonyl (C=O) groups excluding carboxylic acids is 1. The van der Waals surface area contributed by atoms with Gasteiger partial charge in [-0.25, -0.2) is 8.42 Å². The maximum atomic E-state index is 13.5. The number of nitrogens with zero attached hydrogens (tertiary/aromatic N) is 2. The normalized spacial score (nSPS) is 27.5. The van der Waals surface area contributed by atoms with Crippen molar-refractivity contribution >= 4 is 45.7 Å². The number of piperidine rings is 1. The second kappa shape index (κ2) is 7.33. The van der Waals surface area contributed by atoms with E-state index >= 15 is 0 Å². The summed E-state index contributed by atoms with van der Waals surface area (Å²) in [6.07, 6.45) is 2.39. The van der Waals surface area contributed by atoms with Crippen LogP contribution in [0.5, 0.6) is 0 Å². The minimum absolute atomic E-state index is 0.00928. The van der Waals surface area contributed by atoms with Crippen molar-refractivity contribution in [1.82, 2.24) is 4.31 Å². The molecule has 11 heteroatoms. The van der Waals surface area contributed by atoms with Crippen LogP contribution in [0, 0.1) is 10.1 Å². The summed E-state index contributed by atoms with van der Waals surface area (Å²) >= 11 is 3.53. The van der Waals surface area contributed by atoms with Crippen LogP contribution in [0.25, 0.3) is 0 Å². The molecule has 1 aromatic carbocycles. The van der Waals surface area contributed by atoms with E-state index in [2.05, 4.69) is 15.9 Å². The molecule has 164 valence electrons. The van der Waals surface area contributed by atoms with Crippen LogP contribution in [0.15, 0.2) is 41.3 Å². The quantitative estimate of drug-likeness (QED) is 0.146. The number of Topliss-reactive ketones (excluding diaryl/α,β-unsaturated/α-hetero) is 1. The Hall–Kier alpha value is -1.40. The number of halogens is 1. The molecular formula is C19H25BrN2O6SSi. The highest BCUT2D eigenvalue weighted by Crippen LogP contribution is 2.49. The van der Waals surface area contributed by atoms with E-state index in [1.165, 1.54) is 16.4 Å². The largest absolute Gasteiger partial charge is 0.404 e. The van der Waals surface area contributed by atoms with Gasteiger partial charge in [-0.05, 0) is 30.3 Å². The molecule has 2 bridgehead atoms. The molecule has 0 saturated carbocycles. The monoisotopic (exact) mass is 516 g/mol. The van der Waals surface area contributed by atoms with Crippen LogP contribution in [0.2, 0.25) is 18.1 Å². The van der Waals surface area contributed by atoms with Gasteiger partial charge in [0.25, 0.3) is 5.69 Å². The average molecular weight is 517 g/mol. The molecule has 0 N–H and O–H groups in total. The molecule has 0 radical (unpaired) electrons. The van der Waals surface area contributed by atoms with Crippen molar-refractivity contribution in [3.8, 4) is 0 Å². The van der Waals surface area contributed by atoms with Crippen molar-refractivity contribution in [1.29, 1.82) is 0 Å². The van der Waals surface area contributed by atoms with Gasteiger partial charge in [0.05, 0.1) is 15.9 Å². The molecule has 0 spiro atoms. The molecule has 1 aromatic rings. The Balaban J connectivity index is 2.02. The summed E-state index contributed by atoms with van der Waals surface area (Å²) in [7, 11) is -6.45. The van der Waals surface area contributed by atoms with Crippen molar-refractivity contribution in [2.24, 2.45) is 0 Å². The lowest BCUT2D eigenvalue weighted by Gasteiger charge is -2.48. The van der Waals surface area contributed by atoms with E-state index in [1.807, 2.05) is 33.9 Å². The summed E-state index contributed by atoms with van der Waals surface area (Å²) in [5.41, 5.74) is -0.198. The van der Waals surface area contributed by atoms with E-state index < -0.39 is 39.9 Å². The van der Waals surface area contributed by atoms with E-state index in [0.29, 0.717) is 0 Å². The van der Waals surface area contributed by atoms with E-state index in [4.69, 9.17) is 4.43 Å². The van der Waals surface area contributed by atoms with Crippen LogP contribution >= 0.6 is 15.9 Å². The van der Waals surface area contributed by atoms with Crippen LogP contribution < -0.4 is 0 Å². The number of hydrogen-bond acceptors (Lipinski definition) is 6. The number of nitro benzene ring substituents is 1. The van der Waals surface area contributed by atoms with Crippen molar-refractivity contribution in [3.05, 3.63) is 46.5 Å². The molecule has 30 heavy (non-hydrogen) atoms. The Kier molecular flexibility index (Phi) is 5.69. The molecule has 1 saturated heterocycles. The lowest BCUT2D eigenvalue weighted by molar-refractivity contribution is -0.384. The first-order valence-corrected chi connectivity index (χ1v) is 14.6. The third-order valence-electron chi connectivity index (χ3n) is 6.08. The summed E-state index contributed by atoms with van der Waals surface area (Å²) in [6.45, 7) is 10.2. The standard InChI is InChI=1S/C19H25BrN2O6SSi/c1-18(2,3)30(4,5)28-17-16(23)12-14-10-11-19(17,20)21(14)29(26,27)15-8-6-13(7-9-15)22(24)25/h6-11,14,17H,12H2,1-5H3/t14-,17+,19+/m0/s1. The highest BCUT2D eigenvalue weighted by atomic mass is 79.9. The van der Waals surface area contributed by atoms with Gasteiger partial charge in [0.15, 0.2) is 14.1 Å². The number of nitro groups is 1. The zero-order valence-corrected chi connectivity index (χ0v) is 20.9. The number of benzene rings is 1. The Bertz CT molecular complexity index is 1020. The lowest BCUT2D eigenvalue weighted by Crippen LogP contribution is -2.64. The third kappa shape index (κ3) is 3.70. The van der Waals surface area contributed by atoms with Crippen molar-refractivity contribution in [3.63, 3.8) is 0 Å². The summed E-state index contributed by atoms with van der Waals surface area (Å²) in [4.78, 5) is 23.2. The third-order valence-corrected chi connectivity index (χ3v) is 13.8. The Morgan fingerprint density at radius 2 is 1.83 bits per heavy atom. The topological polar surface area (TPSA) is 107 Å². The number of carbonyl (C=O) groups is 1. The molecule has 3 atom stereocenters. The second-order valence-electron chi connectivity index (χ2n) is 9.13. The molecule has 0 aliphatic carbocycles. The van der Waals surface area contributed by atoms with E-state index in [-0.39, 0.29) is 27.8 Å². The highest BCUT2D eigenvalue weighted by molar-refractivity contribution is 9.10. The number of ketones is 1. The summed E-state index contributed by atoms with van der Waals surface area (Å²) in [5, 5.41) is 10.7. The minimum Gasteiger partial charge on any atom is -0.404 e. The molecule has 2 aliphatic heterocycles. The van der Waals surface area contributed by atoms with Crippen LogP contribution in [-0.4, -0.2) is 48.3 Å². The zero-order chi connectivity index (χ0) is 22.7. The number of fused-ring (bicyclic) bond motifs is 2. The first kappa shape index (κ1) is 23.3. The minimum atomic E-state index is -4.06. The summed E-state index contributed by atoms with van der Waals surface area (Å²) in [5.74, 6) is -0.151. The summed E-state index contributed by atoms with van der Waals surface area (Å²) in [6, 6.07) is 4.09. The van der Waals surface area contributed by atoms with Crippen LogP contribution in [0.3, 0.4) is 0 Å². The fraction of sp³-hybridized carbons (Fsp3) is 0.526. The molecule has 1 fully saturated rings. The summed E-state index contributed by atoms with van der Waals surface area (Å²) < 4.78 is 33.3. The maximum Gasteiger partial charge on any atom is 0.269 e. The van der Waals surface area contributed by atoms with Crippen molar-refractivity contribution < 1.29 is 22.6 Å². The Labute approximate surface area is 185 Å². The van der Waals surface area contributed by atoms with Crippen molar-refractivity contribution in [2.75, 3.05) is 0 Å². The first-order chi connectivity index (χ1) is 13.6. The van der Waals surface area contributed by atoms with Crippen molar-refractivity contribution in [2.45, 2.75) is 66.8 Å².